The Kier molecular flexibility index (Phi) is 4.70. The summed E-state index contributed by atoms with van der Waals surface area (Å²) in [6.45, 7) is 4.56. The largest absolute Gasteiger partial charge is 0.496 e. The van der Waals surface area contributed by atoms with Gasteiger partial charge in [0.1, 0.15) is 12.3 Å². The number of benzene rings is 1. The second-order valence-corrected chi connectivity index (χ2v) is 6.16. The van der Waals surface area contributed by atoms with E-state index in [-0.39, 0.29) is 12.5 Å². The quantitative estimate of drug-likeness (QED) is 0.718. The maximum Gasteiger partial charge on any atom is 0.244 e. The van der Waals surface area contributed by atoms with Crippen LogP contribution in [0.15, 0.2) is 36.7 Å². The van der Waals surface area contributed by atoms with Gasteiger partial charge in [-0.25, -0.2) is 0 Å². The number of carbonyl (C=O) groups excluding carboxylic acids is 1. The normalized spacial score (nSPS) is 10.9. The molecule has 1 aromatic carbocycles. The van der Waals surface area contributed by atoms with Gasteiger partial charge in [-0.15, -0.1) is 0 Å². The minimum atomic E-state index is -0.0189. The summed E-state index contributed by atoms with van der Waals surface area (Å²) >= 11 is 0. The van der Waals surface area contributed by atoms with Crippen LogP contribution in [0, 0.1) is 13.8 Å². The Bertz CT molecular complexity index is 917. The molecule has 0 spiro atoms. The Hall–Kier alpha value is -2.89. The first kappa shape index (κ1) is 17.0. The van der Waals surface area contributed by atoms with Crippen molar-refractivity contribution in [1.82, 2.24) is 19.7 Å². The van der Waals surface area contributed by atoms with Crippen molar-refractivity contribution in [1.29, 1.82) is 0 Å². The van der Waals surface area contributed by atoms with E-state index in [4.69, 9.17) is 4.74 Å². The number of carbonyl (C=O) groups is 1. The lowest BCUT2D eigenvalue weighted by Crippen LogP contribution is -2.30. The lowest BCUT2D eigenvalue weighted by Gasteiger charge is -2.19. The fourth-order valence-electron chi connectivity index (χ4n) is 2.94. The average Bonchev–Trinajstić information content (AvgIpc) is 3.01. The van der Waals surface area contributed by atoms with E-state index in [0.717, 1.165) is 33.5 Å². The first-order chi connectivity index (χ1) is 12.0. The summed E-state index contributed by atoms with van der Waals surface area (Å²) < 4.78 is 7.16. The lowest BCUT2D eigenvalue weighted by atomic mass is 10.1. The topological polar surface area (TPSA) is 60.2 Å². The van der Waals surface area contributed by atoms with E-state index in [2.05, 4.69) is 10.1 Å². The van der Waals surface area contributed by atoms with E-state index in [1.807, 2.05) is 38.1 Å². The molecule has 0 aliphatic heterocycles. The number of rotatable bonds is 5. The van der Waals surface area contributed by atoms with Crippen molar-refractivity contribution in [3.8, 4) is 5.75 Å². The molecule has 0 aliphatic rings. The molecule has 0 aliphatic carbocycles. The monoisotopic (exact) mass is 338 g/mol. The molecule has 0 fully saturated rings. The van der Waals surface area contributed by atoms with Gasteiger partial charge < -0.3 is 9.64 Å². The van der Waals surface area contributed by atoms with Crippen LogP contribution in [0.5, 0.6) is 5.75 Å². The van der Waals surface area contributed by atoms with Crippen molar-refractivity contribution in [2.24, 2.45) is 0 Å². The van der Waals surface area contributed by atoms with Gasteiger partial charge in [-0.1, -0.05) is 18.2 Å². The molecule has 3 rings (SSSR count). The van der Waals surface area contributed by atoms with Gasteiger partial charge in [-0.05, 0) is 19.9 Å². The van der Waals surface area contributed by atoms with Gasteiger partial charge in [0.25, 0.3) is 0 Å². The molecule has 0 radical (unpaired) electrons. The number of amides is 1. The van der Waals surface area contributed by atoms with Crippen LogP contribution in [0.1, 0.15) is 16.8 Å². The number of fused-ring (bicyclic) bond motifs is 1. The van der Waals surface area contributed by atoms with Crippen molar-refractivity contribution >= 4 is 16.8 Å². The molecule has 0 saturated carbocycles. The predicted octanol–water partition coefficient (Wildman–Crippen LogP) is 2.72. The third kappa shape index (κ3) is 3.33. The zero-order valence-corrected chi connectivity index (χ0v) is 15.0. The number of hydrogen-bond donors (Lipinski definition) is 0. The minimum absolute atomic E-state index is 0.0189. The summed E-state index contributed by atoms with van der Waals surface area (Å²) in [6.07, 6.45) is 3.56. The second kappa shape index (κ2) is 6.93. The van der Waals surface area contributed by atoms with Gasteiger partial charge in [0.2, 0.25) is 5.91 Å². The molecule has 25 heavy (non-hydrogen) atoms. The van der Waals surface area contributed by atoms with E-state index >= 15 is 0 Å². The number of likely N-dealkylation sites (N-methyl/N-ethyl adjacent to an activating group) is 1. The molecule has 6 nitrogen and oxygen atoms in total. The van der Waals surface area contributed by atoms with Crippen LogP contribution < -0.4 is 4.74 Å². The average molecular weight is 338 g/mol. The van der Waals surface area contributed by atoms with Crippen LogP contribution in [-0.4, -0.2) is 39.7 Å². The van der Waals surface area contributed by atoms with Gasteiger partial charge in [0, 0.05) is 29.8 Å². The number of aromatic nitrogens is 3. The lowest BCUT2D eigenvalue weighted by molar-refractivity contribution is -0.131. The Morgan fingerprint density at radius 2 is 2.00 bits per heavy atom. The van der Waals surface area contributed by atoms with Gasteiger partial charge in [0.05, 0.1) is 31.1 Å². The van der Waals surface area contributed by atoms with Crippen LogP contribution in [0.4, 0.5) is 0 Å². The number of pyridine rings is 1. The molecule has 0 N–H and O–H groups in total. The highest BCUT2D eigenvalue weighted by Crippen LogP contribution is 2.24. The van der Waals surface area contributed by atoms with Crippen LogP contribution >= 0.6 is 0 Å². The fourth-order valence-corrected chi connectivity index (χ4v) is 2.94. The zero-order valence-electron chi connectivity index (χ0n) is 15.0. The molecule has 3 aromatic rings. The summed E-state index contributed by atoms with van der Waals surface area (Å²) in [4.78, 5) is 18.7. The van der Waals surface area contributed by atoms with Crippen molar-refractivity contribution in [2.45, 2.75) is 26.9 Å². The van der Waals surface area contributed by atoms with Crippen molar-refractivity contribution < 1.29 is 9.53 Å². The van der Waals surface area contributed by atoms with Crippen molar-refractivity contribution in [2.75, 3.05) is 14.2 Å². The van der Waals surface area contributed by atoms with E-state index in [9.17, 15) is 4.79 Å². The summed E-state index contributed by atoms with van der Waals surface area (Å²) in [7, 11) is 3.43. The van der Waals surface area contributed by atoms with Crippen LogP contribution in [0.3, 0.4) is 0 Å². The number of para-hydroxylation sites is 1. The first-order valence-corrected chi connectivity index (χ1v) is 8.15. The molecule has 0 bridgehead atoms. The maximum atomic E-state index is 12.6. The Morgan fingerprint density at radius 3 is 2.76 bits per heavy atom. The van der Waals surface area contributed by atoms with Gasteiger partial charge in [-0.2, -0.15) is 5.10 Å². The van der Waals surface area contributed by atoms with Gasteiger partial charge in [-0.3, -0.25) is 14.5 Å². The van der Waals surface area contributed by atoms with E-state index in [0.29, 0.717) is 6.54 Å². The SMILES string of the molecule is COc1c(C)cnc(CN(C)C(=O)Cn2ncc3ccccc32)c1C. The summed E-state index contributed by atoms with van der Waals surface area (Å²) in [5.74, 6) is 0.804. The number of nitrogens with zero attached hydrogens (tertiary/aromatic N) is 4. The predicted molar refractivity (Wildman–Crippen MR) is 96.5 cm³/mol. The highest BCUT2D eigenvalue weighted by Gasteiger charge is 2.16. The van der Waals surface area contributed by atoms with E-state index < -0.39 is 0 Å². The molecule has 2 heterocycles. The Morgan fingerprint density at radius 1 is 1.24 bits per heavy atom. The molecule has 0 unspecified atom stereocenters. The fraction of sp³-hybridized carbons (Fsp3) is 0.316. The van der Waals surface area contributed by atoms with Crippen LogP contribution in [0.2, 0.25) is 0 Å². The van der Waals surface area contributed by atoms with Crippen LogP contribution in [0.25, 0.3) is 10.9 Å². The van der Waals surface area contributed by atoms with Gasteiger partial charge in [0.15, 0.2) is 0 Å². The first-order valence-electron chi connectivity index (χ1n) is 8.15. The standard InChI is InChI=1S/C19H22N4O2/c1-13-9-20-16(14(2)19(13)25-4)11-22(3)18(24)12-23-17-8-6-5-7-15(17)10-21-23/h5-10H,11-12H2,1-4H3. The number of ether oxygens (including phenoxy) is 1. The van der Waals surface area contributed by atoms with Crippen molar-refractivity contribution in [3.05, 3.63) is 53.5 Å². The smallest absolute Gasteiger partial charge is 0.244 e. The van der Waals surface area contributed by atoms with E-state index in [1.165, 1.54) is 0 Å². The summed E-state index contributed by atoms with van der Waals surface area (Å²) in [5.41, 5.74) is 3.74. The number of aryl methyl sites for hydroxylation is 1. The molecular formula is C19H22N4O2. The maximum absolute atomic E-state index is 12.6. The third-order valence-corrected chi connectivity index (χ3v) is 4.40. The molecule has 0 atom stereocenters. The summed E-state index contributed by atoms with van der Waals surface area (Å²) in [6, 6.07) is 7.85. The molecule has 6 heteroatoms. The van der Waals surface area contributed by atoms with Crippen LogP contribution in [-0.2, 0) is 17.9 Å². The number of methoxy groups -OCH3 is 1. The van der Waals surface area contributed by atoms with Gasteiger partial charge >= 0.3 is 0 Å². The highest BCUT2D eigenvalue weighted by molar-refractivity contribution is 5.81. The Balaban J connectivity index is 1.75. The van der Waals surface area contributed by atoms with Crippen molar-refractivity contribution in [3.63, 3.8) is 0 Å². The number of hydrogen-bond acceptors (Lipinski definition) is 4. The molecule has 2 aromatic heterocycles. The molecule has 130 valence electrons. The Labute approximate surface area is 147 Å². The minimum Gasteiger partial charge on any atom is -0.496 e. The summed E-state index contributed by atoms with van der Waals surface area (Å²) in [5, 5.41) is 5.34. The molecule has 0 saturated heterocycles. The molecule has 1 amide bonds. The molecular weight excluding hydrogens is 316 g/mol. The zero-order chi connectivity index (χ0) is 18.0. The second-order valence-electron chi connectivity index (χ2n) is 6.16. The highest BCUT2D eigenvalue weighted by atomic mass is 16.5. The van der Waals surface area contributed by atoms with E-state index in [1.54, 1.807) is 36.1 Å². The third-order valence-electron chi connectivity index (χ3n) is 4.40.